The minimum absolute atomic E-state index is 0.966. The molecule has 0 saturated heterocycles. The summed E-state index contributed by atoms with van der Waals surface area (Å²) < 4.78 is 3.09. The minimum atomic E-state index is 0.966. The molecule has 0 fully saturated rings. The van der Waals surface area contributed by atoms with Gasteiger partial charge in [0.25, 0.3) is 0 Å². The molecule has 0 N–H and O–H groups in total. The summed E-state index contributed by atoms with van der Waals surface area (Å²) in [6.07, 6.45) is 4.15. The highest BCUT2D eigenvalue weighted by Gasteiger charge is 2.01. The third-order valence-electron chi connectivity index (χ3n) is 1.78. The van der Waals surface area contributed by atoms with E-state index in [0.717, 1.165) is 21.7 Å². The van der Waals surface area contributed by atoms with Crippen molar-refractivity contribution in [3.63, 3.8) is 0 Å². The van der Waals surface area contributed by atoms with Crippen LogP contribution in [0.3, 0.4) is 0 Å². The van der Waals surface area contributed by atoms with E-state index in [4.69, 9.17) is 0 Å². The Morgan fingerprint density at radius 2 is 2.38 bits per heavy atom. The highest BCUT2D eigenvalue weighted by molar-refractivity contribution is 9.10. The molecular formula is C9H9BrN2S. The van der Waals surface area contributed by atoms with Crippen LogP contribution >= 0.6 is 27.7 Å². The Morgan fingerprint density at radius 3 is 3.08 bits per heavy atom. The summed E-state index contributed by atoms with van der Waals surface area (Å²) in [4.78, 5) is 4.48. The maximum Gasteiger partial charge on any atom is 0.137 e. The molecule has 13 heavy (non-hydrogen) atoms. The summed E-state index contributed by atoms with van der Waals surface area (Å²) >= 11 is 5.26. The second-order valence-electron chi connectivity index (χ2n) is 2.74. The average molecular weight is 257 g/mol. The molecule has 0 aliphatic heterocycles. The first-order chi connectivity index (χ1) is 6.31. The number of thioether (sulfide) groups is 1. The van der Waals surface area contributed by atoms with Gasteiger partial charge in [0, 0.05) is 11.9 Å². The number of rotatable bonds is 2. The van der Waals surface area contributed by atoms with E-state index in [9.17, 15) is 0 Å². The predicted octanol–water partition coefficient (Wildman–Crippen LogP) is 2.96. The topological polar surface area (TPSA) is 17.3 Å². The van der Waals surface area contributed by atoms with Gasteiger partial charge in [-0.2, -0.15) is 11.8 Å². The van der Waals surface area contributed by atoms with Gasteiger partial charge in [-0.1, -0.05) is 6.07 Å². The molecule has 0 aromatic carbocycles. The lowest BCUT2D eigenvalue weighted by molar-refractivity contribution is 1.14. The Balaban J connectivity index is 2.55. The Labute approximate surface area is 89.5 Å². The summed E-state index contributed by atoms with van der Waals surface area (Å²) in [5.41, 5.74) is 2.12. The first-order valence-corrected chi connectivity index (χ1v) is 6.11. The number of hydrogen-bond acceptors (Lipinski definition) is 2. The molecule has 0 spiro atoms. The van der Waals surface area contributed by atoms with Gasteiger partial charge in [-0.25, -0.2) is 4.98 Å². The van der Waals surface area contributed by atoms with Gasteiger partial charge in [-0.05, 0) is 34.3 Å². The Hall–Kier alpha value is -0.480. The van der Waals surface area contributed by atoms with Crippen LogP contribution in [-0.2, 0) is 5.75 Å². The van der Waals surface area contributed by atoms with Crippen LogP contribution in [-0.4, -0.2) is 15.6 Å². The average Bonchev–Trinajstić information content (AvgIpc) is 2.49. The van der Waals surface area contributed by atoms with Crippen LogP contribution < -0.4 is 0 Å². The smallest absolute Gasteiger partial charge is 0.137 e. The van der Waals surface area contributed by atoms with Gasteiger partial charge in [-0.3, -0.25) is 4.40 Å². The quantitative estimate of drug-likeness (QED) is 0.769. The van der Waals surface area contributed by atoms with Crippen molar-refractivity contribution in [1.82, 2.24) is 9.38 Å². The lowest BCUT2D eigenvalue weighted by atomic mass is 10.5. The van der Waals surface area contributed by atoms with Gasteiger partial charge in [-0.15, -0.1) is 0 Å². The van der Waals surface area contributed by atoms with Crippen molar-refractivity contribution < 1.29 is 0 Å². The number of imidazole rings is 1. The first kappa shape index (κ1) is 9.09. The minimum Gasteiger partial charge on any atom is -0.294 e. The third-order valence-corrected chi connectivity index (χ3v) is 3.02. The van der Waals surface area contributed by atoms with E-state index >= 15 is 0 Å². The van der Waals surface area contributed by atoms with Crippen LogP contribution in [0.5, 0.6) is 0 Å². The summed E-state index contributed by atoms with van der Waals surface area (Å²) in [6.45, 7) is 0. The lowest BCUT2D eigenvalue weighted by Gasteiger charge is -1.93. The van der Waals surface area contributed by atoms with Crippen molar-refractivity contribution in [3.05, 3.63) is 34.7 Å². The molecule has 0 amide bonds. The summed E-state index contributed by atoms with van der Waals surface area (Å²) in [5, 5.41) is 0. The number of halogens is 1. The van der Waals surface area contributed by atoms with Gasteiger partial charge in [0.1, 0.15) is 5.65 Å². The van der Waals surface area contributed by atoms with Crippen molar-refractivity contribution in [2.24, 2.45) is 0 Å². The molecule has 2 nitrogen and oxygen atoms in total. The molecule has 2 aromatic heterocycles. The van der Waals surface area contributed by atoms with Crippen LogP contribution in [0.25, 0.3) is 5.65 Å². The molecule has 0 atom stereocenters. The third kappa shape index (κ3) is 1.74. The van der Waals surface area contributed by atoms with Crippen molar-refractivity contribution in [2.75, 3.05) is 6.26 Å². The van der Waals surface area contributed by atoms with Gasteiger partial charge in [0.15, 0.2) is 0 Å². The molecule has 2 aromatic rings. The van der Waals surface area contributed by atoms with E-state index in [1.165, 1.54) is 0 Å². The zero-order valence-corrected chi connectivity index (χ0v) is 9.60. The van der Waals surface area contributed by atoms with Gasteiger partial charge in [0.2, 0.25) is 0 Å². The lowest BCUT2D eigenvalue weighted by Crippen LogP contribution is -1.82. The molecule has 0 bridgehead atoms. The number of fused-ring (bicyclic) bond motifs is 1. The predicted molar refractivity (Wildman–Crippen MR) is 60.1 cm³/mol. The molecule has 0 aliphatic rings. The molecule has 2 heterocycles. The zero-order valence-electron chi connectivity index (χ0n) is 7.20. The van der Waals surface area contributed by atoms with Crippen LogP contribution in [0, 0.1) is 0 Å². The van der Waals surface area contributed by atoms with Crippen molar-refractivity contribution in [2.45, 2.75) is 5.75 Å². The van der Waals surface area contributed by atoms with E-state index in [0.29, 0.717) is 0 Å². The van der Waals surface area contributed by atoms with Crippen molar-refractivity contribution in [3.8, 4) is 0 Å². The molecule has 4 heteroatoms. The highest BCUT2D eigenvalue weighted by atomic mass is 79.9. The maximum absolute atomic E-state index is 4.48. The monoisotopic (exact) mass is 256 g/mol. The fraction of sp³-hybridized carbons (Fsp3) is 0.222. The van der Waals surface area contributed by atoms with E-state index in [-0.39, 0.29) is 0 Å². The largest absolute Gasteiger partial charge is 0.294 e. The normalized spacial score (nSPS) is 10.9. The Morgan fingerprint density at radius 1 is 1.54 bits per heavy atom. The van der Waals surface area contributed by atoms with Gasteiger partial charge >= 0.3 is 0 Å². The van der Waals surface area contributed by atoms with E-state index in [1.807, 2.05) is 22.6 Å². The van der Waals surface area contributed by atoms with E-state index < -0.39 is 0 Å². The second kappa shape index (κ2) is 3.72. The molecular weight excluding hydrogens is 248 g/mol. The fourth-order valence-corrected chi connectivity index (χ4v) is 2.12. The fourth-order valence-electron chi connectivity index (χ4n) is 1.25. The van der Waals surface area contributed by atoms with E-state index in [1.54, 1.807) is 11.8 Å². The van der Waals surface area contributed by atoms with Crippen LogP contribution in [0.2, 0.25) is 0 Å². The zero-order chi connectivity index (χ0) is 9.26. The van der Waals surface area contributed by atoms with Gasteiger partial charge in [0.05, 0.1) is 10.3 Å². The van der Waals surface area contributed by atoms with Crippen molar-refractivity contribution >= 4 is 33.3 Å². The second-order valence-corrected chi connectivity index (χ2v) is 4.42. The summed E-state index contributed by atoms with van der Waals surface area (Å²) in [5.74, 6) is 0.966. The summed E-state index contributed by atoms with van der Waals surface area (Å²) in [6, 6.07) is 6.02. The first-order valence-electron chi connectivity index (χ1n) is 3.92. The van der Waals surface area contributed by atoms with Crippen LogP contribution in [0.1, 0.15) is 5.69 Å². The Kier molecular flexibility index (Phi) is 2.60. The number of hydrogen-bond donors (Lipinski definition) is 0. The van der Waals surface area contributed by atoms with Gasteiger partial charge < -0.3 is 0 Å². The number of aromatic nitrogens is 2. The summed E-state index contributed by atoms with van der Waals surface area (Å²) in [7, 11) is 0. The van der Waals surface area contributed by atoms with Crippen LogP contribution in [0.4, 0.5) is 0 Å². The number of pyridine rings is 1. The molecule has 0 unspecified atom stereocenters. The molecule has 0 aliphatic carbocycles. The van der Waals surface area contributed by atoms with Crippen molar-refractivity contribution in [1.29, 1.82) is 0 Å². The number of nitrogens with zero attached hydrogens (tertiary/aromatic N) is 2. The maximum atomic E-state index is 4.48. The molecule has 68 valence electrons. The Bertz CT molecular complexity index is 424. The molecule has 0 radical (unpaired) electrons. The molecule has 2 rings (SSSR count). The standard InChI is InChI=1S/C9H9BrN2S/c1-13-6-7-5-12-8(10)3-2-4-9(12)11-7/h2-5H,6H2,1H3. The van der Waals surface area contributed by atoms with E-state index in [2.05, 4.69) is 33.4 Å². The van der Waals surface area contributed by atoms with Crippen LogP contribution in [0.15, 0.2) is 29.0 Å². The molecule has 0 saturated carbocycles. The SMILES string of the molecule is CSCc1cn2c(Br)cccc2n1. The highest BCUT2D eigenvalue weighted by Crippen LogP contribution is 2.16.